The average Bonchev–Trinajstić information content (AvgIpc) is 2.51. The Morgan fingerprint density at radius 2 is 1.90 bits per heavy atom. The topological polar surface area (TPSA) is 36.8 Å². The summed E-state index contributed by atoms with van der Waals surface area (Å²) in [5.74, 6) is 0.358. The maximum Gasteiger partial charge on any atom is 0.182 e. The van der Waals surface area contributed by atoms with E-state index in [9.17, 15) is 4.39 Å². The molecule has 1 aliphatic rings. The van der Waals surface area contributed by atoms with Gasteiger partial charge in [0.2, 0.25) is 0 Å². The molecule has 106 valence electrons. The van der Waals surface area contributed by atoms with Gasteiger partial charge in [-0.15, -0.1) is 0 Å². The van der Waals surface area contributed by atoms with Crippen molar-refractivity contribution >= 4 is 44.3 Å². The van der Waals surface area contributed by atoms with Gasteiger partial charge >= 0.3 is 0 Å². The monoisotopic (exact) mass is 363 g/mol. The first-order valence-electron chi connectivity index (χ1n) is 6.27. The second-order valence-corrected chi connectivity index (χ2v) is 6.21. The van der Waals surface area contributed by atoms with Crippen LogP contribution in [-0.2, 0) is 0 Å². The molecule has 2 aromatic rings. The largest absolute Gasteiger partial charge is 0.255 e. The molecule has 6 heteroatoms. The van der Waals surface area contributed by atoms with Gasteiger partial charge in [-0.25, -0.2) is 9.38 Å². The van der Waals surface area contributed by atoms with E-state index in [0.717, 1.165) is 15.7 Å². The summed E-state index contributed by atoms with van der Waals surface area (Å²) in [5.41, 5.74) is 5.20. The number of rotatable bonds is 2. The van der Waals surface area contributed by atoms with Crippen LogP contribution in [0.3, 0.4) is 0 Å². The van der Waals surface area contributed by atoms with Gasteiger partial charge in [0.1, 0.15) is 11.5 Å². The van der Waals surface area contributed by atoms with Crippen LogP contribution in [0.25, 0.3) is 0 Å². The zero-order valence-corrected chi connectivity index (χ0v) is 13.3. The summed E-state index contributed by atoms with van der Waals surface area (Å²) in [6.07, 6.45) is 0. The van der Waals surface area contributed by atoms with Crippen molar-refractivity contribution in [1.82, 2.24) is 5.43 Å². The van der Waals surface area contributed by atoms with Crippen LogP contribution in [0.1, 0.15) is 5.56 Å². The Bertz CT molecular complexity index is 713. The van der Waals surface area contributed by atoms with Crippen molar-refractivity contribution in [3.05, 3.63) is 64.4 Å². The lowest BCUT2D eigenvalue weighted by atomic mass is 10.1. The molecular formula is C15H11BrFN3S. The van der Waals surface area contributed by atoms with Crippen LogP contribution < -0.4 is 5.43 Å². The molecule has 0 radical (unpaired) electrons. The summed E-state index contributed by atoms with van der Waals surface area (Å²) >= 11 is 4.91. The Labute approximate surface area is 134 Å². The fraction of sp³-hybridized carbons (Fsp3) is 0.0667. The molecule has 1 heterocycles. The highest BCUT2D eigenvalue weighted by Gasteiger charge is 2.13. The number of hydrogen-bond acceptors (Lipinski definition) is 3. The summed E-state index contributed by atoms with van der Waals surface area (Å²) in [5, 5.41) is 4.91. The molecule has 0 saturated heterocycles. The molecule has 1 aliphatic heterocycles. The van der Waals surface area contributed by atoms with E-state index in [0.29, 0.717) is 16.6 Å². The van der Waals surface area contributed by atoms with Gasteiger partial charge in [0.15, 0.2) is 5.17 Å². The predicted octanol–water partition coefficient (Wildman–Crippen LogP) is 4.32. The molecule has 21 heavy (non-hydrogen) atoms. The van der Waals surface area contributed by atoms with E-state index in [2.05, 4.69) is 31.4 Å². The number of para-hydroxylation sites is 1. The fourth-order valence-electron chi connectivity index (χ4n) is 1.82. The minimum absolute atomic E-state index is 0.315. The van der Waals surface area contributed by atoms with Gasteiger partial charge in [0.25, 0.3) is 0 Å². The van der Waals surface area contributed by atoms with Crippen LogP contribution in [0.5, 0.6) is 0 Å². The third-order valence-corrected chi connectivity index (χ3v) is 4.29. The van der Waals surface area contributed by atoms with Crippen molar-refractivity contribution in [2.75, 3.05) is 5.75 Å². The van der Waals surface area contributed by atoms with Gasteiger partial charge in [-0.2, -0.15) is 5.10 Å². The third-order valence-electron chi connectivity index (χ3n) is 2.88. The lowest BCUT2D eigenvalue weighted by Crippen LogP contribution is -2.25. The van der Waals surface area contributed by atoms with E-state index in [4.69, 9.17) is 0 Å². The van der Waals surface area contributed by atoms with Crippen LogP contribution in [-0.4, -0.2) is 16.6 Å². The number of nitrogens with zero attached hydrogens (tertiary/aromatic N) is 2. The number of thioether (sulfide) groups is 1. The van der Waals surface area contributed by atoms with Gasteiger partial charge in [-0.1, -0.05) is 52.0 Å². The Morgan fingerprint density at radius 1 is 1.14 bits per heavy atom. The van der Waals surface area contributed by atoms with Gasteiger partial charge in [-0.3, -0.25) is 5.43 Å². The van der Waals surface area contributed by atoms with E-state index in [1.807, 2.05) is 24.3 Å². The number of hydrogen-bond donors (Lipinski definition) is 1. The number of hydrazone groups is 1. The van der Waals surface area contributed by atoms with Gasteiger partial charge in [0, 0.05) is 10.2 Å². The summed E-state index contributed by atoms with van der Waals surface area (Å²) < 4.78 is 14.6. The molecular weight excluding hydrogens is 353 g/mol. The minimum atomic E-state index is -0.338. The molecule has 0 bridgehead atoms. The van der Waals surface area contributed by atoms with Crippen molar-refractivity contribution in [1.29, 1.82) is 0 Å². The van der Waals surface area contributed by atoms with Crippen molar-refractivity contribution < 1.29 is 4.39 Å². The summed E-state index contributed by atoms with van der Waals surface area (Å²) in [6.45, 7) is 0. The van der Waals surface area contributed by atoms with E-state index in [1.54, 1.807) is 18.2 Å². The average molecular weight is 364 g/mol. The second-order valence-electron chi connectivity index (χ2n) is 4.33. The number of aliphatic imine (C=N–C) groups is 1. The number of benzene rings is 2. The van der Waals surface area contributed by atoms with Crippen LogP contribution in [0.15, 0.2) is 63.1 Å². The zero-order valence-electron chi connectivity index (χ0n) is 10.9. The standard InChI is InChI=1S/C15H11BrFN3S/c16-11-7-5-10(6-8-11)14-9-21-15(20-19-14)18-13-4-2-1-3-12(13)17/h1-8H,9H2,(H,18,20). The third kappa shape index (κ3) is 3.51. The lowest BCUT2D eigenvalue weighted by Gasteiger charge is -2.15. The number of halogens is 2. The van der Waals surface area contributed by atoms with Crippen molar-refractivity contribution in [2.45, 2.75) is 0 Å². The van der Waals surface area contributed by atoms with Gasteiger partial charge < -0.3 is 0 Å². The first-order chi connectivity index (χ1) is 10.2. The summed E-state index contributed by atoms with van der Waals surface area (Å²) in [7, 11) is 0. The van der Waals surface area contributed by atoms with E-state index < -0.39 is 0 Å². The summed E-state index contributed by atoms with van der Waals surface area (Å²) in [6, 6.07) is 14.4. The molecule has 0 atom stereocenters. The second kappa shape index (κ2) is 6.41. The Morgan fingerprint density at radius 3 is 2.57 bits per heavy atom. The van der Waals surface area contributed by atoms with Gasteiger partial charge in [-0.05, 0) is 29.8 Å². The minimum Gasteiger partial charge on any atom is -0.255 e. The van der Waals surface area contributed by atoms with E-state index in [1.165, 1.54) is 17.8 Å². The number of nitrogens with one attached hydrogen (secondary N) is 1. The maximum atomic E-state index is 13.5. The molecule has 0 unspecified atom stereocenters. The summed E-state index contributed by atoms with van der Waals surface area (Å²) in [4.78, 5) is 4.24. The van der Waals surface area contributed by atoms with Crippen molar-refractivity contribution in [3.63, 3.8) is 0 Å². The van der Waals surface area contributed by atoms with Crippen LogP contribution >= 0.6 is 27.7 Å². The van der Waals surface area contributed by atoms with Gasteiger partial charge in [0.05, 0.1) is 5.71 Å². The predicted molar refractivity (Wildman–Crippen MR) is 89.8 cm³/mol. The van der Waals surface area contributed by atoms with Crippen molar-refractivity contribution in [3.8, 4) is 0 Å². The molecule has 2 aromatic carbocycles. The Kier molecular flexibility index (Phi) is 4.36. The Hall–Kier alpha value is -1.66. The molecule has 1 N–H and O–H groups in total. The highest BCUT2D eigenvalue weighted by molar-refractivity contribution is 9.10. The molecule has 3 rings (SSSR count). The SMILES string of the molecule is Fc1ccccc1N=C1NN=C(c2ccc(Br)cc2)CS1. The smallest absolute Gasteiger partial charge is 0.182 e. The van der Waals surface area contributed by atoms with Crippen molar-refractivity contribution in [2.24, 2.45) is 10.1 Å². The molecule has 0 aromatic heterocycles. The highest BCUT2D eigenvalue weighted by Crippen LogP contribution is 2.21. The molecule has 0 amide bonds. The lowest BCUT2D eigenvalue weighted by molar-refractivity contribution is 0.630. The van der Waals surface area contributed by atoms with Crippen LogP contribution in [0, 0.1) is 5.82 Å². The van der Waals surface area contributed by atoms with Crippen LogP contribution in [0.2, 0.25) is 0 Å². The van der Waals surface area contributed by atoms with Crippen LogP contribution in [0.4, 0.5) is 10.1 Å². The fourth-order valence-corrected chi connectivity index (χ4v) is 2.86. The normalized spacial score (nSPS) is 16.5. The molecule has 3 nitrogen and oxygen atoms in total. The molecule has 0 spiro atoms. The molecule has 0 fully saturated rings. The highest BCUT2D eigenvalue weighted by atomic mass is 79.9. The first-order valence-corrected chi connectivity index (χ1v) is 8.05. The van der Waals surface area contributed by atoms with E-state index >= 15 is 0 Å². The first kappa shape index (κ1) is 14.3. The zero-order chi connectivity index (χ0) is 14.7. The maximum absolute atomic E-state index is 13.5. The molecule has 0 saturated carbocycles. The molecule has 0 aliphatic carbocycles. The quantitative estimate of drug-likeness (QED) is 0.862. The Balaban J connectivity index is 1.77. The van der Waals surface area contributed by atoms with E-state index in [-0.39, 0.29) is 5.82 Å². The number of amidine groups is 1.